The van der Waals surface area contributed by atoms with Gasteiger partial charge in [0.2, 0.25) is 0 Å². The smallest absolute Gasteiger partial charge is 0.163 e. The molecular weight excluding hydrogens is 244 g/mol. The topological polar surface area (TPSA) is 17.1 Å². The first-order valence-corrected chi connectivity index (χ1v) is 8.04. The molecule has 0 saturated heterocycles. The van der Waals surface area contributed by atoms with Crippen LogP contribution in [0.25, 0.3) is 0 Å². The Bertz CT molecular complexity index is 395. The zero-order valence-corrected chi connectivity index (χ0v) is 13.7. The number of hydrogen-bond donors (Lipinski definition) is 0. The van der Waals surface area contributed by atoms with Crippen molar-refractivity contribution in [3.63, 3.8) is 0 Å². The first-order valence-electron chi connectivity index (χ1n) is 8.04. The summed E-state index contributed by atoms with van der Waals surface area (Å²) in [5.74, 6) is 0.256. The second kappa shape index (κ2) is 8.24. The lowest BCUT2D eigenvalue weighted by Gasteiger charge is -2.16. The number of carbonyl (C=O) groups excluding carboxylic acids is 1. The summed E-state index contributed by atoms with van der Waals surface area (Å²) in [5.41, 5.74) is 2.28. The van der Waals surface area contributed by atoms with Gasteiger partial charge in [0.15, 0.2) is 5.78 Å². The number of unbranched alkanes of at least 4 members (excludes halogenated alkanes) is 4. The molecule has 0 aromatic heterocycles. The van der Waals surface area contributed by atoms with Gasteiger partial charge in [-0.15, -0.1) is 0 Å². The molecule has 0 heterocycles. The molecule has 0 aliphatic rings. The Hall–Kier alpha value is -1.11. The molecule has 0 N–H and O–H groups in total. The van der Waals surface area contributed by atoms with E-state index >= 15 is 0 Å². The standard InChI is InChI=1S/C19H30O/c1-5-6-7-8-9-10-16-11-13-17(14-12-16)18(20)15-19(2,3)4/h11-14H,5-10,15H2,1-4H3. The summed E-state index contributed by atoms with van der Waals surface area (Å²) in [5, 5.41) is 0. The quantitative estimate of drug-likeness (QED) is 0.431. The van der Waals surface area contributed by atoms with Crippen LogP contribution in [0.15, 0.2) is 24.3 Å². The summed E-state index contributed by atoms with van der Waals surface area (Å²) < 4.78 is 0. The molecule has 0 aliphatic heterocycles. The fourth-order valence-corrected chi connectivity index (χ4v) is 2.37. The molecule has 20 heavy (non-hydrogen) atoms. The molecule has 0 fully saturated rings. The highest BCUT2D eigenvalue weighted by molar-refractivity contribution is 5.96. The van der Waals surface area contributed by atoms with E-state index in [1.54, 1.807) is 0 Å². The zero-order chi connectivity index (χ0) is 15.0. The number of carbonyl (C=O) groups is 1. The molecule has 112 valence electrons. The van der Waals surface area contributed by atoms with Crippen molar-refractivity contribution in [3.8, 4) is 0 Å². The van der Waals surface area contributed by atoms with Crippen LogP contribution in [0.1, 0.15) is 82.1 Å². The average molecular weight is 274 g/mol. The number of hydrogen-bond acceptors (Lipinski definition) is 1. The monoisotopic (exact) mass is 274 g/mol. The Morgan fingerprint density at radius 1 is 0.950 bits per heavy atom. The lowest BCUT2D eigenvalue weighted by atomic mass is 9.87. The van der Waals surface area contributed by atoms with Crippen LogP contribution in [-0.4, -0.2) is 5.78 Å². The molecule has 0 bridgehead atoms. The molecule has 0 atom stereocenters. The first kappa shape index (κ1) is 16.9. The van der Waals surface area contributed by atoms with Gasteiger partial charge in [-0.2, -0.15) is 0 Å². The predicted octanol–water partition coefficient (Wildman–Crippen LogP) is 5.82. The van der Waals surface area contributed by atoms with Gasteiger partial charge >= 0.3 is 0 Å². The van der Waals surface area contributed by atoms with E-state index < -0.39 is 0 Å². The Morgan fingerprint density at radius 2 is 1.55 bits per heavy atom. The van der Waals surface area contributed by atoms with Crippen LogP contribution < -0.4 is 0 Å². The lowest BCUT2D eigenvalue weighted by molar-refractivity contribution is 0.0940. The van der Waals surface area contributed by atoms with Crippen LogP contribution in [0, 0.1) is 5.41 Å². The maximum atomic E-state index is 12.1. The Balaban J connectivity index is 2.42. The maximum absolute atomic E-state index is 12.1. The Morgan fingerprint density at radius 3 is 2.10 bits per heavy atom. The molecule has 1 heteroatoms. The highest BCUT2D eigenvalue weighted by atomic mass is 16.1. The number of aryl methyl sites for hydroxylation is 1. The van der Waals surface area contributed by atoms with Crippen molar-refractivity contribution >= 4 is 5.78 Å². The number of ketones is 1. The molecule has 1 aromatic carbocycles. The van der Waals surface area contributed by atoms with Crippen molar-refractivity contribution in [3.05, 3.63) is 35.4 Å². The molecule has 1 aromatic rings. The van der Waals surface area contributed by atoms with E-state index in [1.807, 2.05) is 12.1 Å². The van der Waals surface area contributed by atoms with Crippen LogP contribution in [0.4, 0.5) is 0 Å². The van der Waals surface area contributed by atoms with Crippen molar-refractivity contribution in [1.29, 1.82) is 0 Å². The van der Waals surface area contributed by atoms with Crippen LogP contribution in [0.5, 0.6) is 0 Å². The van der Waals surface area contributed by atoms with E-state index in [9.17, 15) is 4.79 Å². The minimum atomic E-state index is 0.0645. The van der Waals surface area contributed by atoms with Crippen LogP contribution in [0.3, 0.4) is 0 Å². The molecule has 0 spiro atoms. The van der Waals surface area contributed by atoms with Crippen LogP contribution in [-0.2, 0) is 6.42 Å². The summed E-state index contributed by atoms with van der Waals surface area (Å²) in [7, 11) is 0. The highest BCUT2D eigenvalue weighted by Crippen LogP contribution is 2.21. The van der Waals surface area contributed by atoms with Gasteiger partial charge in [-0.1, -0.05) is 77.6 Å². The maximum Gasteiger partial charge on any atom is 0.163 e. The summed E-state index contributed by atoms with van der Waals surface area (Å²) in [6.45, 7) is 8.56. The van der Waals surface area contributed by atoms with Crippen molar-refractivity contribution in [2.75, 3.05) is 0 Å². The summed E-state index contributed by atoms with van der Waals surface area (Å²) in [4.78, 5) is 12.1. The van der Waals surface area contributed by atoms with Gasteiger partial charge in [0.25, 0.3) is 0 Å². The first-order chi connectivity index (χ1) is 9.42. The normalized spacial score (nSPS) is 11.6. The van der Waals surface area contributed by atoms with E-state index in [2.05, 4.69) is 39.8 Å². The van der Waals surface area contributed by atoms with E-state index in [1.165, 1.54) is 37.7 Å². The molecule has 1 nitrogen and oxygen atoms in total. The fourth-order valence-electron chi connectivity index (χ4n) is 2.37. The molecule has 0 unspecified atom stereocenters. The van der Waals surface area contributed by atoms with Crippen LogP contribution >= 0.6 is 0 Å². The highest BCUT2D eigenvalue weighted by Gasteiger charge is 2.17. The Kier molecular flexibility index (Phi) is 6.98. The molecule has 1 rings (SSSR count). The third kappa shape index (κ3) is 6.88. The summed E-state index contributed by atoms with van der Waals surface area (Å²) >= 11 is 0. The largest absolute Gasteiger partial charge is 0.294 e. The molecular formula is C19H30O. The minimum Gasteiger partial charge on any atom is -0.294 e. The third-order valence-electron chi connectivity index (χ3n) is 3.54. The van der Waals surface area contributed by atoms with E-state index in [-0.39, 0.29) is 11.2 Å². The van der Waals surface area contributed by atoms with Crippen molar-refractivity contribution in [2.24, 2.45) is 5.41 Å². The second-order valence-electron chi connectivity index (χ2n) is 7.02. The summed E-state index contributed by atoms with van der Waals surface area (Å²) in [6.07, 6.45) is 8.32. The van der Waals surface area contributed by atoms with Gasteiger partial charge in [-0.05, 0) is 23.8 Å². The van der Waals surface area contributed by atoms with E-state index in [4.69, 9.17) is 0 Å². The third-order valence-corrected chi connectivity index (χ3v) is 3.54. The zero-order valence-electron chi connectivity index (χ0n) is 13.7. The lowest BCUT2D eigenvalue weighted by Crippen LogP contribution is -2.13. The number of benzene rings is 1. The van der Waals surface area contributed by atoms with Crippen molar-refractivity contribution in [2.45, 2.75) is 72.6 Å². The predicted molar refractivity (Wildman–Crippen MR) is 87.3 cm³/mol. The summed E-state index contributed by atoms with van der Waals surface area (Å²) in [6, 6.07) is 8.23. The van der Waals surface area contributed by atoms with Gasteiger partial charge in [-0.3, -0.25) is 4.79 Å². The number of Topliss-reactive ketones (excluding diaryl/α,β-unsaturated/α-hetero) is 1. The van der Waals surface area contributed by atoms with Crippen molar-refractivity contribution in [1.82, 2.24) is 0 Å². The van der Waals surface area contributed by atoms with Gasteiger partial charge in [0.1, 0.15) is 0 Å². The van der Waals surface area contributed by atoms with Crippen molar-refractivity contribution < 1.29 is 4.79 Å². The molecule has 0 amide bonds. The van der Waals surface area contributed by atoms with Crippen LogP contribution in [0.2, 0.25) is 0 Å². The van der Waals surface area contributed by atoms with Gasteiger partial charge in [0.05, 0.1) is 0 Å². The van der Waals surface area contributed by atoms with Gasteiger partial charge in [-0.25, -0.2) is 0 Å². The molecule has 0 aliphatic carbocycles. The average Bonchev–Trinajstić information content (AvgIpc) is 2.37. The SMILES string of the molecule is CCCCCCCc1ccc(C(=O)CC(C)(C)C)cc1. The second-order valence-corrected chi connectivity index (χ2v) is 7.02. The fraction of sp³-hybridized carbons (Fsp3) is 0.632. The van der Waals surface area contributed by atoms with Gasteiger partial charge in [0, 0.05) is 12.0 Å². The van der Waals surface area contributed by atoms with E-state index in [0.29, 0.717) is 6.42 Å². The molecule has 0 radical (unpaired) electrons. The van der Waals surface area contributed by atoms with Gasteiger partial charge < -0.3 is 0 Å². The number of rotatable bonds is 8. The minimum absolute atomic E-state index is 0.0645. The molecule has 0 saturated carbocycles. The Labute approximate surface area is 124 Å². The van der Waals surface area contributed by atoms with E-state index in [0.717, 1.165) is 12.0 Å².